The summed E-state index contributed by atoms with van der Waals surface area (Å²) >= 11 is 7.83. The van der Waals surface area contributed by atoms with Crippen molar-refractivity contribution in [1.29, 1.82) is 0 Å². The summed E-state index contributed by atoms with van der Waals surface area (Å²) in [7, 11) is 1.99. The number of thiazole rings is 1. The number of amides is 1. The first-order chi connectivity index (χ1) is 22.9. The van der Waals surface area contributed by atoms with Crippen molar-refractivity contribution in [2.24, 2.45) is 13.0 Å². The zero-order chi connectivity index (χ0) is 33.9. The number of halogens is 1. The fourth-order valence-corrected chi connectivity index (χ4v) is 8.42. The predicted octanol–water partition coefficient (Wildman–Crippen LogP) is 8.93. The Balaban J connectivity index is 1.30. The second-order valence-electron chi connectivity index (χ2n) is 14.3. The van der Waals surface area contributed by atoms with E-state index < -0.39 is 17.7 Å². The van der Waals surface area contributed by atoms with Crippen LogP contribution in [-0.4, -0.2) is 55.3 Å². The number of aromatic nitrogens is 3. The third-order valence-corrected chi connectivity index (χ3v) is 11.2. The Morgan fingerprint density at radius 3 is 2.33 bits per heavy atom. The van der Waals surface area contributed by atoms with E-state index in [0.29, 0.717) is 16.5 Å². The number of piperidine rings is 1. The molecule has 1 atom stereocenters. The molecule has 1 saturated heterocycles. The number of likely N-dealkylation sites (tertiary alicyclic amines) is 1. The maximum atomic E-state index is 12.9. The van der Waals surface area contributed by atoms with Crippen LogP contribution in [0.25, 0.3) is 42.8 Å². The Morgan fingerprint density at radius 1 is 1.02 bits per heavy atom. The van der Waals surface area contributed by atoms with Crippen LogP contribution >= 0.6 is 22.9 Å². The molecule has 48 heavy (non-hydrogen) atoms. The lowest BCUT2D eigenvalue weighted by molar-refractivity contribution is -0.160. The van der Waals surface area contributed by atoms with Crippen LogP contribution in [0.1, 0.15) is 81.7 Å². The summed E-state index contributed by atoms with van der Waals surface area (Å²) in [6.45, 7) is 9.08. The third-order valence-electron chi connectivity index (χ3n) is 9.79. The number of benzene rings is 3. The van der Waals surface area contributed by atoms with Crippen LogP contribution in [0.2, 0.25) is 5.02 Å². The van der Waals surface area contributed by atoms with E-state index in [0.717, 1.165) is 92.8 Å². The Morgan fingerprint density at radius 2 is 1.71 bits per heavy atom. The molecular formula is C38H41ClN4O4S. The van der Waals surface area contributed by atoms with Crippen LogP contribution < -0.4 is 0 Å². The normalized spacial score (nSPS) is 16.8. The van der Waals surface area contributed by atoms with Crippen molar-refractivity contribution < 1.29 is 19.4 Å². The van der Waals surface area contributed by atoms with Gasteiger partial charge in [0.15, 0.2) is 6.10 Å². The SMILES string of the molecule is Cc1cc2nc(-c3ccc4c(c3)c(C3CCN(C(=O)C5CCC5)CC3)nn4C)sc2c(-c2ccc(Cl)cc2)c1[C@H](OC(C)(C)C)C(=O)O. The molecular weight excluding hydrogens is 644 g/mol. The fraction of sp³-hybridized carbons (Fsp3) is 0.421. The molecule has 3 aromatic carbocycles. The molecule has 1 amide bonds. The third kappa shape index (κ3) is 6.12. The van der Waals surface area contributed by atoms with Crippen molar-refractivity contribution in [3.63, 3.8) is 0 Å². The predicted molar refractivity (Wildman–Crippen MR) is 192 cm³/mol. The zero-order valence-electron chi connectivity index (χ0n) is 28.0. The quantitative estimate of drug-likeness (QED) is 0.184. The number of ether oxygens (including phenoxy) is 1. The van der Waals surface area contributed by atoms with Gasteiger partial charge in [0.05, 0.1) is 27.0 Å². The maximum Gasteiger partial charge on any atom is 0.337 e. The highest BCUT2D eigenvalue weighted by Gasteiger charge is 2.34. The van der Waals surface area contributed by atoms with Crippen LogP contribution in [-0.2, 0) is 21.4 Å². The van der Waals surface area contributed by atoms with Crippen LogP contribution in [0.15, 0.2) is 48.5 Å². The van der Waals surface area contributed by atoms with Gasteiger partial charge in [-0.2, -0.15) is 5.10 Å². The second-order valence-corrected chi connectivity index (χ2v) is 15.7. The molecule has 1 aliphatic carbocycles. The molecule has 1 N–H and O–H groups in total. The minimum atomic E-state index is -1.17. The molecule has 5 aromatic rings. The molecule has 1 saturated carbocycles. The number of hydrogen-bond donors (Lipinski definition) is 1. The van der Waals surface area contributed by atoms with Gasteiger partial charge in [0.2, 0.25) is 5.91 Å². The van der Waals surface area contributed by atoms with E-state index in [1.807, 2.05) is 69.8 Å². The number of carboxylic acid groups (broad SMARTS) is 1. The number of carbonyl (C=O) groups is 2. The van der Waals surface area contributed by atoms with Crippen molar-refractivity contribution in [3.8, 4) is 21.7 Å². The molecule has 0 unspecified atom stereocenters. The van der Waals surface area contributed by atoms with Crippen LogP contribution in [0.4, 0.5) is 0 Å². The Bertz CT molecular complexity index is 2030. The van der Waals surface area contributed by atoms with E-state index in [1.54, 1.807) is 11.3 Å². The minimum Gasteiger partial charge on any atom is -0.479 e. The Labute approximate surface area is 289 Å². The van der Waals surface area contributed by atoms with E-state index in [2.05, 4.69) is 23.1 Å². The van der Waals surface area contributed by atoms with E-state index in [-0.39, 0.29) is 11.8 Å². The molecule has 8 nitrogen and oxygen atoms in total. The number of fused-ring (bicyclic) bond motifs is 2. The molecule has 2 fully saturated rings. The van der Waals surface area contributed by atoms with Gasteiger partial charge in [-0.25, -0.2) is 9.78 Å². The molecule has 0 radical (unpaired) electrons. The van der Waals surface area contributed by atoms with Gasteiger partial charge in [0, 0.05) is 59.1 Å². The molecule has 250 valence electrons. The summed E-state index contributed by atoms with van der Waals surface area (Å²) in [5.74, 6) is -0.197. The molecule has 2 aromatic heterocycles. The first kappa shape index (κ1) is 32.7. The van der Waals surface area contributed by atoms with Gasteiger partial charge < -0.3 is 14.7 Å². The van der Waals surface area contributed by atoms with Crippen LogP contribution in [0.3, 0.4) is 0 Å². The number of hydrogen-bond acceptors (Lipinski definition) is 6. The summed E-state index contributed by atoms with van der Waals surface area (Å²) in [5.41, 5.74) is 6.32. The zero-order valence-corrected chi connectivity index (χ0v) is 29.6. The monoisotopic (exact) mass is 684 g/mol. The average Bonchev–Trinajstić information content (AvgIpc) is 3.59. The van der Waals surface area contributed by atoms with Crippen molar-refractivity contribution in [2.45, 2.75) is 77.4 Å². The van der Waals surface area contributed by atoms with Crippen molar-refractivity contribution in [3.05, 3.63) is 70.4 Å². The Kier molecular flexibility index (Phi) is 8.59. The largest absolute Gasteiger partial charge is 0.479 e. The highest BCUT2D eigenvalue weighted by atomic mass is 35.5. The van der Waals surface area contributed by atoms with Gasteiger partial charge >= 0.3 is 5.97 Å². The smallest absolute Gasteiger partial charge is 0.337 e. The Hall–Kier alpha value is -3.79. The first-order valence-electron chi connectivity index (χ1n) is 16.7. The lowest BCUT2D eigenvalue weighted by Crippen LogP contribution is -2.43. The lowest BCUT2D eigenvalue weighted by atomic mass is 9.83. The number of carboxylic acids is 1. The van der Waals surface area contributed by atoms with Crippen LogP contribution in [0.5, 0.6) is 0 Å². The highest BCUT2D eigenvalue weighted by Crippen LogP contribution is 2.45. The summed E-state index contributed by atoms with van der Waals surface area (Å²) in [6, 6.07) is 15.9. The van der Waals surface area contributed by atoms with Crippen molar-refractivity contribution >= 4 is 55.9 Å². The topological polar surface area (TPSA) is 97.5 Å². The van der Waals surface area contributed by atoms with E-state index in [4.69, 9.17) is 26.4 Å². The van der Waals surface area contributed by atoms with E-state index in [9.17, 15) is 14.7 Å². The second kappa shape index (κ2) is 12.6. The van der Waals surface area contributed by atoms with Crippen molar-refractivity contribution in [1.82, 2.24) is 19.7 Å². The number of rotatable bonds is 7. The standard InChI is InChI=1S/C38H41ClN4O4S/c1-21-19-28-34(31(22-9-12-26(39)13-10-22)30(21)33(37(45)46)47-38(2,3)4)48-35(40-28)25-11-14-29-27(20-25)32(41-42(29)5)23-15-17-43(18-16-23)36(44)24-7-6-8-24/h9-14,19-20,23-24,33H,6-8,15-18H2,1-5H3,(H,45,46)/t33-/m0/s1. The molecule has 0 bridgehead atoms. The molecule has 3 heterocycles. The van der Waals surface area contributed by atoms with Gasteiger partial charge in [0.1, 0.15) is 5.01 Å². The lowest BCUT2D eigenvalue weighted by Gasteiger charge is -2.36. The van der Waals surface area contributed by atoms with Gasteiger partial charge in [-0.3, -0.25) is 9.48 Å². The minimum absolute atomic E-state index is 0.231. The number of aliphatic carboxylic acids is 1. The summed E-state index contributed by atoms with van der Waals surface area (Å²) in [4.78, 5) is 32.8. The molecule has 0 spiro atoms. The van der Waals surface area contributed by atoms with Gasteiger partial charge in [-0.05, 0) is 101 Å². The van der Waals surface area contributed by atoms with Gasteiger partial charge in [0.25, 0.3) is 0 Å². The number of carbonyl (C=O) groups excluding carboxylic acids is 1. The molecule has 10 heteroatoms. The summed E-state index contributed by atoms with van der Waals surface area (Å²) in [5, 5.41) is 18.0. The van der Waals surface area contributed by atoms with E-state index >= 15 is 0 Å². The maximum absolute atomic E-state index is 12.9. The first-order valence-corrected chi connectivity index (χ1v) is 17.9. The number of aryl methyl sites for hydroxylation is 2. The average molecular weight is 685 g/mol. The number of nitrogens with zero attached hydrogens (tertiary/aromatic N) is 4. The van der Waals surface area contributed by atoms with E-state index in [1.165, 1.54) is 6.42 Å². The molecule has 1 aliphatic heterocycles. The van der Waals surface area contributed by atoms with Crippen molar-refractivity contribution in [2.75, 3.05) is 13.1 Å². The molecule has 7 rings (SSSR count). The molecule has 2 aliphatic rings. The summed E-state index contributed by atoms with van der Waals surface area (Å²) in [6.07, 6.45) is 3.88. The highest BCUT2D eigenvalue weighted by molar-refractivity contribution is 7.22. The van der Waals surface area contributed by atoms with Gasteiger partial charge in [-0.15, -0.1) is 11.3 Å². The van der Waals surface area contributed by atoms with Crippen LogP contribution in [0, 0.1) is 12.8 Å². The summed E-state index contributed by atoms with van der Waals surface area (Å²) < 4.78 is 9.03. The van der Waals surface area contributed by atoms with Gasteiger partial charge in [-0.1, -0.05) is 30.2 Å². The fourth-order valence-electron chi connectivity index (χ4n) is 7.18.